The third-order valence-corrected chi connectivity index (χ3v) is 7.56. The van der Waals surface area contributed by atoms with Crippen LogP contribution >= 0.6 is 31.9 Å². The molecule has 0 saturated carbocycles. The number of halogens is 2. The summed E-state index contributed by atoms with van der Waals surface area (Å²) in [5.41, 5.74) is 4.10. The Morgan fingerprint density at radius 2 is 1.84 bits per heavy atom. The van der Waals surface area contributed by atoms with Gasteiger partial charge in [-0.3, -0.25) is 9.59 Å². The SMILES string of the molecule is Cc1ccc(-n2nc(Br)cc2C(=O)N2CCN(Cc3cn([C@H](C)c4ccccc4Br)nn3)C(=O)C2)cc1. The Bertz CT molecular complexity index is 1450. The van der Waals surface area contributed by atoms with Crippen LogP contribution in [0.2, 0.25) is 0 Å². The molecule has 2 aromatic heterocycles. The van der Waals surface area contributed by atoms with Crippen LogP contribution in [0.1, 0.15) is 40.3 Å². The second-order valence-corrected chi connectivity index (χ2v) is 10.7. The van der Waals surface area contributed by atoms with Crippen LogP contribution in [0, 0.1) is 6.92 Å². The Kier molecular flexibility index (Phi) is 7.25. The molecule has 190 valence electrons. The highest BCUT2D eigenvalue weighted by molar-refractivity contribution is 9.10. The summed E-state index contributed by atoms with van der Waals surface area (Å²) in [6.07, 6.45) is 1.87. The van der Waals surface area contributed by atoms with Gasteiger partial charge in [-0.15, -0.1) is 5.10 Å². The van der Waals surface area contributed by atoms with E-state index in [2.05, 4.69) is 47.3 Å². The zero-order valence-corrected chi connectivity index (χ0v) is 23.6. The first-order valence-corrected chi connectivity index (χ1v) is 13.4. The maximum Gasteiger partial charge on any atom is 0.273 e. The van der Waals surface area contributed by atoms with Gasteiger partial charge in [-0.25, -0.2) is 9.36 Å². The maximum absolute atomic E-state index is 13.4. The van der Waals surface area contributed by atoms with Gasteiger partial charge >= 0.3 is 0 Å². The van der Waals surface area contributed by atoms with E-state index < -0.39 is 0 Å². The lowest BCUT2D eigenvalue weighted by molar-refractivity contribution is -0.135. The molecule has 0 N–H and O–H groups in total. The molecule has 0 spiro atoms. The molecule has 1 fully saturated rings. The number of carbonyl (C=O) groups excluding carboxylic acids is 2. The molecule has 5 rings (SSSR count). The number of aromatic nitrogens is 5. The Balaban J connectivity index is 1.25. The molecule has 1 atom stereocenters. The molecular formula is C26H25Br2N7O2. The van der Waals surface area contributed by atoms with Crippen LogP contribution < -0.4 is 0 Å². The number of aryl methyl sites for hydroxylation is 1. The topological polar surface area (TPSA) is 89.2 Å². The first kappa shape index (κ1) is 25.3. The van der Waals surface area contributed by atoms with Crippen molar-refractivity contribution in [2.75, 3.05) is 19.6 Å². The zero-order valence-electron chi connectivity index (χ0n) is 20.4. The fourth-order valence-corrected chi connectivity index (χ4v) is 5.32. The third-order valence-electron chi connectivity index (χ3n) is 6.45. The minimum absolute atomic E-state index is 0.00294. The highest BCUT2D eigenvalue weighted by Crippen LogP contribution is 2.25. The van der Waals surface area contributed by atoms with Crippen molar-refractivity contribution < 1.29 is 9.59 Å². The molecule has 0 unspecified atom stereocenters. The lowest BCUT2D eigenvalue weighted by atomic mass is 10.1. The third kappa shape index (κ3) is 5.37. The molecule has 1 aliphatic rings. The molecule has 1 aliphatic heterocycles. The van der Waals surface area contributed by atoms with E-state index >= 15 is 0 Å². The van der Waals surface area contributed by atoms with Gasteiger partial charge in [0, 0.05) is 23.6 Å². The lowest BCUT2D eigenvalue weighted by Gasteiger charge is -2.33. The molecule has 2 aromatic carbocycles. The van der Waals surface area contributed by atoms with Crippen LogP contribution in [-0.4, -0.2) is 66.0 Å². The molecule has 3 heterocycles. The van der Waals surface area contributed by atoms with Crippen molar-refractivity contribution in [1.29, 1.82) is 0 Å². The summed E-state index contributed by atoms with van der Waals surface area (Å²) in [4.78, 5) is 29.6. The number of hydrogen-bond donors (Lipinski definition) is 0. The zero-order chi connectivity index (χ0) is 26.1. The average molecular weight is 627 g/mol. The van der Waals surface area contributed by atoms with Gasteiger partial charge in [0.15, 0.2) is 0 Å². The average Bonchev–Trinajstić information content (AvgIpc) is 3.52. The number of hydrogen-bond acceptors (Lipinski definition) is 5. The van der Waals surface area contributed by atoms with Crippen LogP contribution in [0.4, 0.5) is 0 Å². The second kappa shape index (κ2) is 10.6. The first-order chi connectivity index (χ1) is 17.8. The van der Waals surface area contributed by atoms with E-state index in [1.54, 1.807) is 25.2 Å². The fraction of sp³-hybridized carbons (Fsp3) is 0.269. The number of piperazine rings is 1. The van der Waals surface area contributed by atoms with Crippen molar-refractivity contribution >= 4 is 43.7 Å². The number of benzene rings is 2. The molecule has 37 heavy (non-hydrogen) atoms. The van der Waals surface area contributed by atoms with E-state index in [9.17, 15) is 9.59 Å². The molecule has 0 aliphatic carbocycles. The van der Waals surface area contributed by atoms with Gasteiger partial charge in [-0.05, 0) is 53.5 Å². The number of rotatable bonds is 6. The second-order valence-electron chi connectivity index (χ2n) is 9.03. The van der Waals surface area contributed by atoms with Gasteiger partial charge in [-0.1, -0.05) is 57.0 Å². The summed E-state index contributed by atoms with van der Waals surface area (Å²) in [6.45, 7) is 5.23. The summed E-state index contributed by atoms with van der Waals surface area (Å²) in [5.74, 6) is -0.367. The lowest BCUT2D eigenvalue weighted by Crippen LogP contribution is -2.52. The fourth-order valence-electron chi connectivity index (χ4n) is 4.33. The predicted molar refractivity (Wildman–Crippen MR) is 145 cm³/mol. The van der Waals surface area contributed by atoms with Crippen LogP contribution in [0.15, 0.2) is 69.9 Å². The van der Waals surface area contributed by atoms with Gasteiger partial charge in [0.05, 0.1) is 24.5 Å². The quantitative estimate of drug-likeness (QED) is 0.317. The van der Waals surface area contributed by atoms with Crippen LogP contribution in [0.25, 0.3) is 5.69 Å². The highest BCUT2D eigenvalue weighted by Gasteiger charge is 2.30. The molecule has 0 bridgehead atoms. The van der Waals surface area contributed by atoms with Crippen LogP contribution in [-0.2, 0) is 11.3 Å². The largest absolute Gasteiger partial charge is 0.333 e. The molecule has 4 aromatic rings. The highest BCUT2D eigenvalue weighted by atomic mass is 79.9. The van der Waals surface area contributed by atoms with E-state index in [0.717, 1.165) is 21.3 Å². The van der Waals surface area contributed by atoms with Gasteiger partial charge in [0.1, 0.15) is 22.5 Å². The molecule has 2 amide bonds. The van der Waals surface area contributed by atoms with Crippen LogP contribution in [0.5, 0.6) is 0 Å². The number of carbonyl (C=O) groups is 2. The van der Waals surface area contributed by atoms with Gasteiger partial charge in [0.2, 0.25) is 5.91 Å². The first-order valence-electron chi connectivity index (χ1n) is 11.8. The van der Waals surface area contributed by atoms with E-state index in [1.807, 2.05) is 68.6 Å². The van der Waals surface area contributed by atoms with E-state index in [4.69, 9.17) is 0 Å². The van der Waals surface area contributed by atoms with E-state index in [-0.39, 0.29) is 24.4 Å². The van der Waals surface area contributed by atoms with Gasteiger partial charge in [0.25, 0.3) is 5.91 Å². The number of amides is 2. The monoisotopic (exact) mass is 625 g/mol. The predicted octanol–water partition coefficient (Wildman–Crippen LogP) is 4.39. The van der Waals surface area contributed by atoms with Crippen molar-refractivity contribution in [2.24, 2.45) is 0 Å². The summed E-state index contributed by atoms with van der Waals surface area (Å²) in [6, 6.07) is 17.4. The Hall–Kier alpha value is -3.31. The minimum atomic E-state index is -0.236. The standard InChI is InChI=1S/C26H25Br2N7O2/c1-17-7-9-20(10-8-17)35-23(13-24(28)30-35)26(37)33-12-11-32(25(36)16-33)14-19-15-34(31-29-19)18(2)21-5-3-4-6-22(21)27/h3-10,13,15,18H,11-12,14,16H2,1-2H3/t18-/m1/s1. The number of nitrogens with zero attached hydrogens (tertiary/aromatic N) is 7. The summed E-state index contributed by atoms with van der Waals surface area (Å²) < 4.78 is 4.96. The maximum atomic E-state index is 13.4. The van der Waals surface area contributed by atoms with Crippen molar-refractivity contribution in [3.63, 3.8) is 0 Å². The Morgan fingerprint density at radius 3 is 2.57 bits per heavy atom. The van der Waals surface area contributed by atoms with Crippen molar-refractivity contribution in [3.05, 3.63) is 92.4 Å². The van der Waals surface area contributed by atoms with Crippen molar-refractivity contribution in [1.82, 2.24) is 34.6 Å². The van der Waals surface area contributed by atoms with E-state index in [1.165, 1.54) is 0 Å². The molecule has 11 heteroatoms. The van der Waals surface area contributed by atoms with E-state index in [0.29, 0.717) is 35.6 Å². The Labute approximate surface area is 231 Å². The van der Waals surface area contributed by atoms with Crippen LogP contribution in [0.3, 0.4) is 0 Å². The Morgan fingerprint density at radius 1 is 1.08 bits per heavy atom. The smallest absolute Gasteiger partial charge is 0.273 e. The minimum Gasteiger partial charge on any atom is -0.333 e. The molecular weight excluding hydrogens is 602 g/mol. The van der Waals surface area contributed by atoms with Crippen molar-refractivity contribution in [3.8, 4) is 5.69 Å². The molecule has 1 saturated heterocycles. The summed E-state index contributed by atoms with van der Waals surface area (Å²) >= 11 is 6.97. The molecule has 9 nitrogen and oxygen atoms in total. The molecule has 0 radical (unpaired) electrons. The summed E-state index contributed by atoms with van der Waals surface area (Å²) in [5, 5.41) is 13.0. The van der Waals surface area contributed by atoms with Crippen molar-refractivity contribution in [2.45, 2.75) is 26.4 Å². The van der Waals surface area contributed by atoms with Gasteiger partial charge < -0.3 is 9.80 Å². The normalized spacial score (nSPS) is 14.8. The summed E-state index contributed by atoms with van der Waals surface area (Å²) in [7, 11) is 0. The van der Waals surface area contributed by atoms with Gasteiger partial charge in [-0.2, -0.15) is 5.10 Å².